The number of anilines is 1. The summed E-state index contributed by atoms with van der Waals surface area (Å²) in [7, 11) is -2.43. The number of pyridine rings is 1. The number of ether oxygens (including phenoxy) is 1. The summed E-state index contributed by atoms with van der Waals surface area (Å²) >= 11 is 0. The van der Waals surface area contributed by atoms with Gasteiger partial charge in [0.1, 0.15) is 5.75 Å². The van der Waals surface area contributed by atoms with Crippen LogP contribution in [0.5, 0.6) is 5.75 Å². The molecule has 2 aromatic carbocycles. The molecule has 27 heavy (non-hydrogen) atoms. The summed E-state index contributed by atoms with van der Waals surface area (Å²) in [6.45, 7) is 1.81. The van der Waals surface area contributed by atoms with Crippen molar-refractivity contribution in [3.63, 3.8) is 0 Å². The van der Waals surface area contributed by atoms with Gasteiger partial charge in [-0.3, -0.25) is 9.71 Å². The molecule has 0 bridgehead atoms. The van der Waals surface area contributed by atoms with Gasteiger partial charge in [-0.2, -0.15) is 0 Å². The number of carboxylic acid groups (broad SMARTS) is 1. The van der Waals surface area contributed by atoms with Crippen LogP contribution >= 0.6 is 0 Å². The Kier molecular flexibility index (Phi) is 7.01. The number of benzene rings is 2. The van der Waals surface area contributed by atoms with Gasteiger partial charge in [-0.25, -0.2) is 13.2 Å². The number of fused-ring (bicyclic) bond motifs is 1. The Labute approximate surface area is 199 Å². The van der Waals surface area contributed by atoms with Gasteiger partial charge in [0.15, 0.2) is 0 Å². The van der Waals surface area contributed by atoms with Gasteiger partial charge in [-0.1, -0.05) is 6.07 Å². The van der Waals surface area contributed by atoms with Crippen LogP contribution in [0.15, 0.2) is 53.4 Å². The summed E-state index contributed by atoms with van der Waals surface area (Å²) in [6.07, 6.45) is 0. The maximum atomic E-state index is 12.7. The molecule has 0 atom stereocenters. The van der Waals surface area contributed by atoms with Crippen molar-refractivity contribution in [2.24, 2.45) is 0 Å². The van der Waals surface area contributed by atoms with Gasteiger partial charge in [0.25, 0.3) is 10.0 Å². The molecular weight excluding hydrogens is 395 g/mol. The Hall–Kier alpha value is -1.49. The molecule has 0 saturated heterocycles. The SMILES string of the molecule is COc1cc(NS(=O)(=O)c2ccc(C(=O)O)cc2)c2nc(C)ccc2c1.[KH]. The van der Waals surface area contributed by atoms with Crippen molar-refractivity contribution in [2.45, 2.75) is 11.8 Å². The predicted octanol–water partition coefficient (Wildman–Crippen LogP) is 2.40. The Morgan fingerprint density at radius 3 is 2.37 bits per heavy atom. The normalized spacial score (nSPS) is 10.9. The van der Waals surface area contributed by atoms with E-state index in [1.807, 2.05) is 19.1 Å². The fourth-order valence-electron chi connectivity index (χ4n) is 2.48. The molecule has 0 fully saturated rings. The minimum absolute atomic E-state index is 0. The average Bonchev–Trinajstić information content (AvgIpc) is 2.61. The van der Waals surface area contributed by atoms with Crippen molar-refractivity contribution >= 4 is 84.0 Å². The van der Waals surface area contributed by atoms with E-state index >= 15 is 0 Å². The number of aromatic nitrogens is 1. The quantitative estimate of drug-likeness (QED) is 0.624. The van der Waals surface area contributed by atoms with E-state index in [0.29, 0.717) is 11.3 Å². The fraction of sp³-hybridized carbons (Fsp3) is 0.111. The maximum absolute atomic E-state index is 12.7. The number of nitrogens with one attached hydrogen (secondary N) is 1. The molecule has 0 aliphatic carbocycles. The van der Waals surface area contributed by atoms with Crippen LogP contribution in [0.4, 0.5) is 5.69 Å². The molecule has 0 amide bonds. The molecule has 9 heteroatoms. The van der Waals surface area contributed by atoms with E-state index < -0.39 is 16.0 Å². The second-order valence-electron chi connectivity index (χ2n) is 5.63. The summed E-state index contributed by atoms with van der Waals surface area (Å²) in [6, 6.07) is 11.9. The summed E-state index contributed by atoms with van der Waals surface area (Å²) in [5.41, 5.74) is 1.53. The zero-order valence-corrected chi connectivity index (χ0v) is 14.9. The molecule has 1 heterocycles. The Morgan fingerprint density at radius 2 is 1.78 bits per heavy atom. The van der Waals surface area contributed by atoms with Gasteiger partial charge in [0.2, 0.25) is 0 Å². The molecule has 0 spiro atoms. The van der Waals surface area contributed by atoms with Crippen molar-refractivity contribution in [1.29, 1.82) is 0 Å². The van der Waals surface area contributed by atoms with E-state index in [9.17, 15) is 13.2 Å². The Bertz CT molecular complexity index is 1100. The molecule has 0 unspecified atom stereocenters. The van der Waals surface area contributed by atoms with E-state index in [0.717, 1.165) is 11.1 Å². The summed E-state index contributed by atoms with van der Waals surface area (Å²) in [4.78, 5) is 15.3. The fourth-order valence-corrected chi connectivity index (χ4v) is 3.54. The van der Waals surface area contributed by atoms with Crippen LogP contribution in [-0.4, -0.2) is 83.0 Å². The van der Waals surface area contributed by atoms with E-state index in [1.54, 1.807) is 12.1 Å². The topological polar surface area (TPSA) is 106 Å². The van der Waals surface area contributed by atoms with Gasteiger partial charge < -0.3 is 9.84 Å². The molecule has 3 rings (SSSR count). The van der Waals surface area contributed by atoms with Crippen molar-refractivity contribution in [1.82, 2.24) is 4.98 Å². The third-order valence-corrected chi connectivity index (χ3v) is 5.18. The number of carboxylic acids is 1. The Balaban J connectivity index is 0.00000261. The first-order valence-corrected chi connectivity index (χ1v) is 9.10. The summed E-state index contributed by atoms with van der Waals surface area (Å²) < 4.78 is 33.1. The average molecular weight is 413 g/mol. The molecular formula is C18H17KN2O5S. The predicted molar refractivity (Wildman–Crippen MR) is 104 cm³/mol. The van der Waals surface area contributed by atoms with Crippen LogP contribution in [0.25, 0.3) is 10.9 Å². The molecule has 7 nitrogen and oxygen atoms in total. The molecule has 0 aliphatic heterocycles. The second-order valence-corrected chi connectivity index (χ2v) is 7.32. The van der Waals surface area contributed by atoms with Crippen molar-refractivity contribution in [3.05, 3.63) is 59.8 Å². The molecule has 0 saturated carbocycles. The van der Waals surface area contributed by atoms with Crippen LogP contribution in [0.3, 0.4) is 0 Å². The number of hydrogen-bond donors (Lipinski definition) is 2. The number of aryl methyl sites for hydroxylation is 1. The molecule has 136 valence electrons. The van der Waals surface area contributed by atoms with E-state index in [-0.39, 0.29) is 67.5 Å². The van der Waals surface area contributed by atoms with E-state index in [4.69, 9.17) is 9.84 Å². The van der Waals surface area contributed by atoms with Gasteiger partial charge in [-0.05, 0) is 43.3 Å². The first-order valence-electron chi connectivity index (χ1n) is 7.62. The third-order valence-electron chi connectivity index (χ3n) is 3.80. The molecule has 0 radical (unpaired) electrons. The molecule has 3 aromatic rings. The minimum atomic E-state index is -3.92. The van der Waals surface area contributed by atoms with Crippen LogP contribution in [0.1, 0.15) is 16.1 Å². The molecule has 0 aliphatic rings. The second kappa shape index (κ2) is 8.68. The van der Waals surface area contributed by atoms with E-state index in [2.05, 4.69) is 9.71 Å². The monoisotopic (exact) mass is 412 g/mol. The first-order chi connectivity index (χ1) is 12.3. The van der Waals surface area contributed by atoms with Gasteiger partial charge in [0, 0.05) is 17.1 Å². The van der Waals surface area contributed by atoms with Crippen LogP contribution in [-0.2, 0) is 10.0 Å². The Morgan fingerprint density at radius 1 is 1.11 bits per heavy atom. The number of sulfonamides is 1. The number of hydrogen-bond acceptors (Lipinski definition) is 5. The number of nitrogens with zero attached hydrogens (tertiary/aromatic N) is 1. The first kappa shape index (κ1) is 21.8. The molecule has 1 aromatic heterocycles. The van der Waals surface area contributed by atoms with Crippen LogP contribution in [0.2, 0.25) is 0 Å². The number of carbonyl (C=O) groups is 1. The van der Waals surface area contributed by atoms with Gasteiger partial charge >= 0.3 is 57.4 Å². The van der Waals surface area contributed by atoms with E-state index in [1.165, 1.54) is 31.4 Å². The molecule has 2 N–H and O–H groups in total. The summed E-state index contributed by atoms with van der Waals surface area (Å²) in [5, 5.41) is 9.66. The number of aromatic carboxylic acids is 1. The van der Waals surface area contributed by atoms with Crippen LogP contribution in [0, 0.1) is 6.92 Å². The number of methoxy groups -OCH3 is 1. The van der Waals surface area contributed by atoms with Crippen molar-refractivity contribution in [3.8, 4) is 5.75 Å². The van der Waals surface area contributed by atoms with Gasteiger partial charge in [0.05, 0.1) is 28.8 Å². The van der Waals surface area contributed by atoms with Crippen molar-refractivity contribution < 1.29 is 23.1 Å². The van der Waals surface area contributed by atoms with Crippen molar-refractivity contribution in [2.75, 3.05) is 11.8 Å². The standard InChI is InChI=1S/C18H16N2O5S.K.H/c1-11-3-4-13-9-14(25-2)10-16(17(13)19-11)20-26(23,24)15-7-5-12(6-8-15)18(21)22;;/h3-10,20H,1-2H3,(H,21,22);;. The van der Waals surface area contributed by atoms with Crippen LogP contribution < -0.4 is 9.46 Å². The van der Waals surface area contributed by atoms with Gasteiger partial charge in [-0.15, -0.1) is 0 Å². The third kappa shape index (κ3) is 4.87. The zero-order valence-electron chi connectivity index (χ0n) is 14.1. The zero-order chi connectivity index (χ0) is 18.9. The summed E-state index contributed by atoms with van der Waals surface area (Å²) in [5.74, 6) is -0.637. The number of rotatable bonds is 5.